The molecule has 0 aliphatic carbocycles. The van der Waals surface area contributed by atoms with Crippen LogP contribution in [0.5, 0.6) is 0 Å². The van der Waals surface area contributed by atoms with Crippen molar-refractivity contribution >= 4 is 11.9 Å². The monoisotopic (exact) mass is 249 g/mol. The third kappa shape index (κ3) is 3.48. The number of likely N-dealkylation sites (tertiary alicyclic amines) is 1. The lowest BCUT2D eigenvalue weighted by Gasteiger charge is -2.23. The van der Waals surface area contributed by atoms with Crippen molar-refractivity contribution in [2.45, 2.75) is 18.9 Å². The third-order valence-corrected chi connectivity index (χ3v) is 3.10. The lowest BCUT2D eigenvalue weighted by Crippen LogP contribution is -2.41. The number of nitrogens with zero attached hydrogens (tertiary/aromatic N) is 3. The zero-order valence-electron chi connectivity index (χ0n) is 10.6. The van der Waals surface area contributed by atoms with Crippen LogP contribution in [0, 0.1) is 0 Å². The maximum absolute atomic E-state index is 11.9. The highest BCUT2D eigenvalue weighted by Crippen LogP contribution is 2.15. The molecule has 1 amide bonds. The molecule has 1 atom stereocenters. The van der Waals surface area contributed by atoms with Gasteiger partial charge in [-0.05, 0) is 32.5 Å². The second-order valence-electron chi connectivity index (χ2n) is 4.44. The molecule has 1 fully saturated rings. The van der Waals surface area contributed by atoms with Crippen LogP contribution < -0.4 is 10.6 Å². The quantitative estimate of drug-likeness (QED) is 0.774. The summed E-state index contributed by atoms with van der Waals surface area (Å²) in [5, 5.41) is 5.87. The minimum absolute atomic E-state index is 0.0517. The van der Waals surface area contributed by atoms with Crippen molar-refractivity contribution in [2.75, 3.05) is 32.0 Å². The fourth-order valence-electron chi connectivity index (χ4n) is 2.28. The van der Waals surface area contributed by atoms with Crippen molar-refractivity contribution in [3.05, 3.63) is 18.5 Å². The smallest absolute Gasteiger partial charge is 0.240 e. The molecule has 1 aromatic heterocycles. The zero-order valence-corrected chi connectivity index (χ0v) is 10.6. The topological polar surface area (TPSA) is 70.2 Å². The van der Waals surface area contributed by atoms with Gasteiger partial charge in [-0.25, -0.2) is 9.97 Å². The fraction of sp³-hybridized carbons (Fsp3) is 0.583. The van der Waals surface area contributed by atoms with E-state index in [1.807, 2.05) is 7.05 Å². The second kappa shape index (κ2) is 6.42. The Morgan fingerprint density at radius 2 is 2.28 bits per heavy atom. The number of carbonyl (C=O) groups excluding carboxylic acids is 1. The fourth-order valence-corrected chi connectivity index (χ4v) is 2.28. The molecule has 1 aliphatic rings. The Bertz CT molecular complexity index is 383. The van der Waals surface area contributed by atoms with E-state index in [0.29, 0.717) is 18.5 Å². The molecular weight excluding hydrogens is 230 g/mol. The first-order chi connectivity index (χ1) is 8.79. The molecule has 2 rings (SSSR count). The van der Waals surface area contributed by atoms with Crippen molar-refractivity contribution in [1.29, 1.82) is 0 Å². The largest absolute Gasteiger partial charge is 0.318 e. The Kier molecular flexibility index (Phi) is 4.60. The van der Waals surface area contributed by atoms with Crippen molar-refractivity contribution in [3.8, 4) is 0 Å². The Balaban J connectivity index is 1.84. The minimum atomic E-state index is -0.0517. The number of amides is 1. The number of aromatic nitrogens is 2. The lowest BCUT2D eigenvalue weighted by atomic mass is 10.2. The molecule has 98 valence electrons. The van der Waals surface area contributed by atoms with Crippen molar-refractivity contribution in [1.82, 2.24) is 20.2 Å². The van der Waals surface area contributed by atoms with E-state index >= 15 is 0 Å². The van der Waals surface area contributed by atoms with E-state index in [-0.39, 0.29) is 5.91 Å². The van der Waals surface area contributed by atoms with Gasteiger partial charge in [0.2, 0.25) is 11.9 Å². The van der Waals surface area contributed by atoms with Crippen molar-refractivity contribution < 1.29 is 4.79 Å². The van der Waals surface area contributed by atoms with Gasteiger partial charge in [0, 0.05) is 25.0 Å². The summed E-state index contributed by atoms with van der Waals surface area (Å²) in [6.45, 7) is 2.31. The van der Waals surface area contributed by atoms with Gasteiger partial charge >= 0.3 is 0 Å². The van der Waals surface area contributed by atoms with Crippen LogP contribution in [0.25, 0.3) is 0 Å². The average Bonchev–Trinajstić information content (AvgIpc) is 2.78. The molecule has 6 heteroatoms. The van der Waals surface area contributed by atoms with Crippen molar-refractivity contribution in [3.63, 3.8) is 0 Å². The lowest BCUT2D eigenvalue weighted by molar-refractivity contribution is -0.117. The standard InChI is InChI=1S/C12H19N5O/c1-13-8-10-4-2-7-17(10)9-11(18)16-12-14-5-3-6-15-12/h3,5-6,10,13H,2,4,7-9H2,1H3,(H,14,15,16,18). The van der Waals surface area contributed by atoms with Crippen LogP contribution in [0.2, 0.25) is 0 Å². The van der Waals surface area contributed by atoms with Gasteiger partial charge in [-0.3, -0.25) is 15.0 Å². The highest BCUT2D eigenvalue weighted by atomic mass is 16.2. The third-order valence-electron chi connectivity index (χ3n) is 3.10. The van der Waals surface area contributed by atoms with E-state index < -0.39 is 0 Å². The average molecular weight is 249 g/mol. The summed E-state index contributed by atoms with van der Waals surface area (Å²) in [6, 6.07) is 2.18. The molecule has 1 saturated heterocycles. The van der Waals surface area contributed by atoms with Gasteiger partial charge in [0.25, 0.3) is 0 Å². The van der Waals surface area contributed by atoms with Crippen LogP contribution >= 0.6 is 0 Å². The number of nitrogens with one attached hydrogen (secondary N) is 2. The molecule has 0 bridgehead atoms. The van der Waals surface area contributed by atoms with Gasteiger partial charge in [0.1, 0.15) is 0 Å². The number of likely N-dealkylation sites (N-methyl/N-ethyl adjacent to an activating group) is 1. The summed E-state index contributed by atoms with van der Waals surface area (Å²) < 4.78 is 0. The first-order valence-electron chi connectivity index (χ1n) is 6.25. The highest BCUT2D eigenvalue weighted by Gasteiger charge is 2.25. The Hall–Kier alpha value is -1.53. The molecule has 2 N–H and O–H groups in total. The molecule has 0 spiro atoms. The summed E-state index contributed by atoms with van der Waals surface area (Å²) in [4.78, 5) is 22.0. The number of anilines is 1. The molecule has 0 radical (unpaired) electrons. The normalized spacial score (nSPS) is 19.9. The maximum atomic E-state index is 11.9. The van der Waals surface area contributed by atoms with E-state index in [1.165, 1.54) is 0 Å². The van der Waals surface area contributed by atoms with Crippen LogP contribution in [0.4, 0.5) is 5.95 Å². The van der Waals surface area contributed by atoms with Crippen LogP contribution in [0.1, 0.15) is 12.8 Å². The van der Waals surface area contributed by atoms with E-state index in [2.05, 4.69) is 25.5 Å². The van der Waals surface area contributed by atoms with Crippen LogP contribution in [-0.4, -0.2) is 53.5 Å². The van der Waals surface area contributed by atoms with Crippen LogP contribution in [0.15, 0.2) is 18.5 Å². The van der Waals surface area contributed by atoms with Gasteiger partial charge in [0.15, 0.2) is 0 Å². The van der Waals surface area contributed by atoms with Crippen LogP contribution in [0.3, 0.4) is 0 Å². The summed E-state index contributed by atoms with van der Waals surface area (Å²) in [5.74, 6) is 0.316. The minimum Gasteiger partial charge on any atom is -0.318 e. The van der Waals surface area contributed by atoms with Gasteiger partial charge in [-0.1, -0.05) is 0 Å². The maximum Gasteiger partial charge on any atom is 0.240 e. The molecule has 1 aliphatic heterocycles. The molecule has 0 aromatic carbocycles. The van der Waals surface area contributed by atoms with Gasteiger partial charge in [-0.15, -0.1) is 0 Å². The molecule has 2 heterocycles. The Morgan fingerprint density at radius 1 is 1.50 bits per heavy atom. The van der Waals surface area contributed by atoms with E-state index in [9.17, 15) is 4.79 Å². The predicted molar refractivity (Wildman–Crippen MR) is 69.2 cm³/mol. The molecule has 0 saturated carbocycles. The second-order valence-corrected chi connectivity index (χ2v) is 4.44. The Labute approximate surface area is 107 Å². The van der Waals surface area contributed by atoms with Crippen molar-refractivity contribution in [2.24, 2.45) is 0 Å². The van der Waals surface area contributed by atoms with E-state index in [1.54, 1.807) is 18.5 Å². The summed E-state index contributed by atoms with van der Waals surface area (Å²) in [7, 11) is 1.94. The Morgan fingerprint density at radius 3 is 3.00 bits per heavy atom. The highest BCUT2D eigenvalue weighted by molar-refractivity contribution is 5.90. The van der Waals surface area contributed by atoms with Gasteiger partial charge in [-0.2, -0.15) is 0 Å². The summed E-state index contributed by atoms with van der Waals surface area (Å²) in [5.41, 5.74) is 0. The summed E-state index contributed by atoms with van der Waals surface area (Å²) in [6.07, 6.45) is 5.53. The van der Waals surface area contributed by atoms with Gasteiger partial charge < -0.3 is 5.32 Å². The first-order valence-corrected chi connectivity index (χ1v) is 6.25. The summed E-state index contributed by atoms with van der Waals surface area (Å²) >= 11 is 0. The van der Waals surface area contributed by atoms with Crippen LogP contribution in [-0.2, 0) is 4.79 Å². The molecule has 6 nitrogen and oxygen atoms in total. The molecular formula is C12H19N5O. The molecule has 1 aromatic rings. The predicted octanol–water partition coefficient (Wildman–Crippen LogP) is 0.0989. The van der Waals surface area contributed by atoms with E-state index in [4.69, 9.17) is 0 Å². The van der Waals surface area contributed by atoms with Gasteiger partial charge in [0.05, 0.1) is 6.54 Å². The SMILES string of the molecule is CNCC1CCCN1CC(=O)Nc1ncccn1. The number of carbonyl (C=O) groups is 1. The van der Waals surface area contributed by atoms with E-state index in [0.717, 1.165) is 25.9 Å². The molecule has 1 unspecified atom stereocenters. The molecule has 18 heavy (non-hydrogen) atoms. The number of hydrogen-bond donors (Lipinski definition) is 2. The number of rotatable bonds is 5. The number of hydrogen-bond acceptors (Lipinski definition) is 5. The first kappa shape index (κ1) is 12.9. The zero-order chi connectivity index (χ0) is 12.8.